The Morgan fingerprint density at radius 2 is 2.00 bits per heavy atom. The first kappa shape index (κ1) is 14.4. The first-order chi connectivity index (χ1) is 9.49. The lowest BCUT2D eigenvalue weighted by Gasteiger charge is -2.22. The Bertz CT molecular complexity index is 513. The molecule has 3 nitrogen and oxygen atoms in total. The lowest BCUT2D eigenvalue weighted by molar-refractivity contribution is -0.162. The van der Waals surface area contributed by atoms with Crippen LogP contribution >= 0.6 is 0 Å². The second kappa shape index (κ2) is 5.54. The Hall–Kier alpha value is -2.01. The first-order valence-corrected chi connectivity index (χ1v) is 6.04. The number of hydrogen-bond donors (Lipinski definition) is 0. The van der Waals surface area contributed by atoms with Crippen molar-refractivity contribution in [3.63, 3.8) is 0 Å². The van der Waals surface area contributed by atoms with Crippen molar-refractivity contribution in [3.05, 3.63) is 61.2 Å². The minimum absolute atomic E-state index is 0.456. The minimum Gasteiger partial charge on any atom is -0.449 e. The number of esters is 1. The molecule has 0 aliphatic carbocycles. The summed E-state index contributed by atoms with van der Waals surface area (Å²) in [7, 11) is 0. The maximum Gasteiger partial charge on any atom is 0.330 e. The highest BCUT2D eigenvalue weighted by atomic mass is 19.3. The molecule has 106 valence electrons. The molecule has 0 bridgehead atoms. The van der Waals surface area contributed by atoms with Crippen LogP contribution in [0, 0.1) is 0 Å². The van der Waals surface area contributed by atoms with Crippen molar-refractivity contribution in [2.75, 3.05) is 0 Å². The third-order valence-electron chi connectivity index (χ3n) is 3.01. The van der Waals surface area contributed by atoms with Crippen LogP contribution < -0.4 is 0 Å². The summed E-state index contributed by atoms with van der Waals surface area (Å²) in [4.78, 5) is 11.2. The van der Waals surface area contributed by atoms with Gasteiger partial charge in [-0.1, -0.05) is 43.5 Å². The van der Waals surface area contributed by atoms with E-state index in [4.69, 9.17) is 9.47 Å². The molecule has 1 heterocycles. The first-order valence-electron chi connectivity index (χ1n) is 6.04. The quantitative estimate of drug-likeness (QED) is 0.348. The molecule has 0 N–H and O–H groups in total. The van der Waals surface area contributed by atoms with Gasteiger partial charge in [0.1, 0.15) is 12.2 Å². The van der Waals surface area contributed by atoms with E-state index in [9.17, 15) is 13.6 Å². The molecule has 0 amide bonds. The van der Waals surface area contributed by atoms with Crippen molar-refractivity contribution in [1.82, 2.24) is 0 Å². The summed E-state index contributed by atoms with van der Waals surface area (Å²) in [5, 5.41) is 0. The van der Waals surface area contributed by atoms with Gasteiger partial charge in [0.2, 0.25) is 0 Å². The van der Waals surface area contributed by atoms with Crippen LogP contribution in [0.25, 0.3) is 0 Å². The van der Waals surface area contributed by atoms with E-state index < -0.39 is 30.2 Å². The smallest absolute Gasteiger partial charge is 0.330 e. The van der Waals surface area contributed by atoms with Crippen LogP contribution in [0.4, 0.5) is 8.78 Å². The van der Waals surface area contributed by atoms with Gasteiger partial charge in [0.05, 0.1) is 0 Å². The highest BCUT2D eigenvalue weighted by Crippen LogP contribution is 2.46. The fourth-order valence-electron chi connectivity index (χ4n) is 1.92. The summed E-state index contributed by atoms with van der Waals surface area (Å²) in [5.74, 6) is -4.29. The molecule has 2 rings (SSSR count). The Morgan fingerprint density at radius 3 is 2.55 bits per heavy atom. The van der Waals surface area contributed by atoms with Crippen molar-refractivity contribution >= 4 is 5.97 Å². The van der Waals surface area contributed by atoms with Gasteiger partial charge in [-0.05, 0) is 11.6 Å². The number of epoxide rings is 1. The topological polar surface area (TPSA) is 38.8 Å². The van der Waals surface area contributed by atoms with Gasteiger partial charge in [-0.25, -0.2) is 4.79 Å². The molecule has 1 aromatic rings. The summed E-state index contributed by atoms with van der Waals surface area (Å²) < 4.78 is 37.6. The van der Waals surface area contributed by atoms with Crippen LogP contribution in [-0.2, 0) is 14.3 Å². The van der Waals surface area contributed by atoms with Crippen molar-refractivity contribution in [2.45, 2.75) is 24.2 Å². The number of benzene rings is 1. The predicted octanol–water partition coefficient (Wildman–Crippen LogP) is 3.05. The largest absolute Gasteiger partial charge is 0.449 e. The summed E-state index contributed by atoms with van der Waals surface area (Å²) in [6, 6.07) is 8.91. The van der Waals surface area contributed by atoms with Gasteiger partial charge in [-0.15, -0.1) is 0 Å². The zero-order valence-corrected chi connectivity index (χ0v) is 10.7. The molecule has 20 heavy (non-hydrogen) atoms. The standard InChI is InChI=1S/C15H14F2O3/c1-3-11(18)19-14(15(16,17)4-2)13-12(20-13)10-8-6-5-7-9-10/h3-9,12-14H,1-2H2/t12-,13?,14-/m0/s1. The fraction of sp³-hybridized carbons (Fsp3) is 0.267. The van der Waals surface area contributed by atoms with Crippen LogP contribution in [0.1, 0.15) is 11.7 Å². The van der Waals surface area contributed by atoms with E-state index in [1.807, 2.05) is 6.07 Å². The summed E-state index contributed by atoms with van der Waals surface area (Å²) in [6.07, 6.45) is -1.82. The minimum atomic E-state index is -3.37. The Labute approximate surface area is 115 Å². The molecule has 0 saturated carbocycles. The van der Waals surface area contributed by atoms with Crippen molar-refractivity contribution < 1.29 is 23.0 Å². The number of ether oxygens (including phenoxy) is 2. The van der Waals surface area contributed by atoms with E-state index >= 15 is 0 Å². The predicted molar refractivity (Wildman–Crippen MR) is 69.3 cm³/mol. The molecular formula is C15H14F2O3. The van der Waals surface area contributed by atoms with Crippen molar-refractivity contribution in [2.24, 2.45) is 0 Å². The van der Waals surface area contributed by atoms with Gasteiger partial charge < -0.3 is 9.47 Å². The zero-order valence-electron chi connectivity index (χ0n) is 10.7. The number of carbonyl (C=O) groups excluding carboxylic acids is 1. The van der Waals surface area contributed by atoms with Crippen LogP contribution in [0.5, 0.6) is 0 Å². The third kappa shape index (κ3) is 2.93. The summed E-state index contributed by atoms with van der Waals surface area (Å²) >= 11 is 0. The van der Waals surface area contributed by atoms with Crippen LogP contribution in [0.2, 0.25) is 0 Å². The van der Waals surface area contributed by atoms with Gasteiger partial charge >= 0.3 is 11.9 Å². The zero-order chi connectivity index (χ0) is 14.8. The molecule has 1 aromatic carbocycles. The molecule has 1 aliphatic rings. The maximum absolute atomic E-state index is 13.8. The number of alkyl halides is 2. The normalized spacial score (nSPS) is 22.7. The lowest BCUT2D eigenvalue weighted by atomic mass is 10.0. The second-order valence-electron chi connectivity index (χ2n) is 4.37. The molecular weight excluding hydrogens is 266 g/mol. The number of carbonyl (C=O) groups is 1. The van der Waals surface area contributed by atoms with Crippen LogP contribution in [0.3, 0.4) is 0 Å². The van der Waals surface area contributed by atoms with Gasteiger partial charge in [0.25, 0.3) is 0 Å². The molecule has 0 aromatic heterocycles. The van der Waals surface area contributed by atoms with E-state index in [0.29, 0.717) is 6.08 Å². The summed E-state index contributed by atoms with van der Waals surface area (Å²) in [6.45, 7) is 6.26. The average Bonchev–Trinajstić information content (AvgIpc) is 3.25. The van der Waals surface area contributed by atoms with E-state index in [1.165, 1.54) is 0 Å². The Morgan fingerprint density at radius 1 is 1.35 bits per heavy atom. The molecule has 0 radical (unpaired) electrons. The molecule has 1 aliphatic heterocycles. The van der Waals surface area contributed by atoms with Crippen LogP contribution in [-0.4, -0.2) is 24.1 Å². The second-order valence-corrected chi connectivity index (χ2v) is 4.37. The molecule has 0 spiro atoms. The van der Waals surface area contributed by atoms with Gasteiger partial charge in [-0.2, -0.15) is 8.78 Å². The fourth-order valence-corrected chi connectivity index (χ4v) is 1.92. The SMILES string of the molecule is C=CC(=O)O[C@@H](C1O[C@H]1c1ccccc1)C(F)(F)C=C. The van der Waals surface area contributed by atoms with Crippen LogP contribution in [0.15, 0.2) is 55.6 Å². The highest BCUT2D eigenvalue weighted by Gasteiger charge is 2.57. The van der Waals surface area contributed by atoms with E-state index in [1.54, 1.807) is 24.3 Å². The molecule has 1 unspecified atom stereocenters. The third-order valence-corrected chi connectivity index (χ3v) is 3.01. The van der Waals surface area contributed by atoms with Gasteiger partial charge in [0, 0.05) is 6.08 Å². The van der Waals surface area contributed by atoms with Gasteiger partial charge in [-0.3, -0.25) is 0 Å². The number of rotatable bonds is 6. The maximum atomic E-state index is 13.8. The molecule has 5 heteroatoms. The van der Waals surface area contributed by atoms with Crippen molar-refractivity contribution in [3.8, 4) is 0 Å². The Kier molecular flexibility index (Phi) is 3.99. The molecule has 1 saturated heterocycles. The number of hydrogen-bond acceptors (Lipinski definition) is 3. The van der Waals surface area contributed by atoms with E-state index in [2.05, 4.69) is 13.2 Å². The lowest BCUT2D eigenvalue weighted by Crippen LogP contribution is -2.40. The molecule has 1 fully saturated rings. The molecule has 3 atom stereocenters. The van der Waals surface area contributed by atoms with E-state index in [0.717, 1.165) is 11.6 Å². The summed E-state index contributed by atoms with van der Waals surface area (Å²) in [5.41, 5.74) is 0.761. The number of halogens is 2. The Balaban J connectivity index is 2.15. The van der Waals surface area contributed by atoms with E-state index in [-0.39, 0.29) is 0 Å². The van der Waals surface area contributed by atoms with Crippen molar-refractivity contribution in [1.29, 1.82) is 0 Å². The van der Waals surface area contributed by atoms with Gasteiger partial charge in [0.15, 0.2) is 6.10 Å². The monoisotopic (exact) mass is 280 g/mol. The highest BCUT2D eigenvalue weighted by molar-refractivity contribution is 5.81. The average molecular weight is 280 g/mol.